The number of carboxylic acids is 1. The lowest BCUT2D eigenvalue weighted by molar-refractivity contribution is -0.354. The number of nitrogens with one attached hydrogen (secondary N) is 4. The Bertz CT molecular complexity index is 5280. The molecule has 8 unspecified atom stereocenters. The molecule has 678 valence electrons. The lowest BCUT2D eigenvalue weighted by atomic mass is 9.84. The van der Waals surface area contributed by atoms with Crippen LogP contribution in [0.4, 0.5) is 0 Å². The number of Topliss-reactive ketones (excluding diaryl/α,β-unsaturated/α-hetero) is 2. The predicted octanol–water partition coefficient (Wildman–Crippen LogP) is 1.82. The highest BCUT2D eigenvalue weighted by molar-refractivity contribution is 6.33. The van der Waals surface area contributed by atoms with Gasteiger partial charge in [-0.25, -0.2) is 4.79 Å². The minimum Gasteiger partial charge on any atom is -0.508 e. The Morgan fingerprint density at radius 3 is 1.91 bits per heavy atom. The number of hydrogen-bond donors (Lipinski definition) is 20. The second-order valence-corrected chi connectivity index (χ2v) is 32.7. The van der Waals surface area contributed by atoms with Gasteiger partial charge in [-0.2, -0.15) is 0 Å². The number of benzene rings is 7. The average molecular weight is 1810 g/mol. The number of hydrogen-bond acceptors (Lipinski definition) is 33. The number of aromatic hydroxyl groups is 3. The Morgan fingerprint density at radius 2 is 1.24 bits per heavy atom. The van der Waals surface area contributed by atoms with Gasteiger partial charge in [0.05, 0.1) is 47.5 Å². The molecule has 4 fully saturated rings. The Morgan fingerprint density at radius 1 is 0.583 bits per heavy atom. The number of ketones is 2. The van der Waals surface area contributed by atoms with Crippen LogP contribution in [0.3, 0.4) is 0 Å². The number of fused-ring (bicyclic) bond motifs is 15. The summed E-state index contributed by atoms with van der Waals surface area (Å²) >= 11 is 13.7. The number of aliphatic hydroxyl groups excluding tert-OH is 11. The Labute approximate surface area is 732 Å². The number of aliphatic hydroxyl groups is 11. The highest BCUT2D eigenvalue weighted by Gasteiger charge is 2.53. The van der Waals surface area contributed by atoms with Gasteiger partial charge in [0.2, 0.25) is 36.1 Å². The number of rotatable bonds is 17. The van der Waals surface area contributed by atoms with E-state index in [4.69, 9.17) is 81.0 Å². The van der Waals surface area contributed by atoms with Crippen LogP contribution >= 0.6 is 23.2 Å². The molecule has 0 aliphatic carbocycles. The maximum atomic E-state index is 17.0. The zero-order valence-electron chi connectivity index (χ0n) is 67.6. The van der Waals surface area contributed by atoms with E-state index in [9.17, 15) is 86.2 Å². The van der Waals surface area contributed by atoms with Gasteiger partial charge in [-0.05, 0) is 120 Å². The second-order valence-electron chi connectivity index (χ2n) is 31.9. The third-order valence-corrected chi connectivity index (χ3v) is 24.0. The van der Waals surface area contributed by atoms with Crippen molar-refractivity contribution in [3.8, 4) is 62.9 Å². The molecule has 38 nitrogen and oxygen atoms in total. The molecular formula is C87H93Cl2N5O33. The lowest BCUT2D eigenvalue weighted by Gasteiger charge is -2.45. The minimum atomic E-state index is -2.43. The topological polar surface area (TPSA) is 599 Å². The molecule has 16 rings (SSSR count). The van der Waals surface area contributed by atoms with E-state index in [1.807, 2.05) is 0 Å². The van der Waals surface area contributed by atoms with E-state index in [0.29, 0.717) is 5.56 Å². The van der Waals surface area contributed by atoms with Crippen molar-refractivity contribution in [2.24, 2.45) is 11.7 Å². The maximum Gasteiger partial charge on any atom is 0.330 e. The number of nitrogens with two attached hydrogens (primary N) is 1. The summed E-state index contributed by atoms with van der Waals surface area (Å²) in [5.41, 5.74) is 4.21. The molecule has 9 aliphatic heterocycles. The first-order valence-electron chi connectivity index (χ1n) is 40.3. The number of carboxylic acid groups (broad SMARTS) is 1. The molecule has 21 N–H and O–H groups in total. The first-order chi connectivity index (χ1) is 60.5. The van der Waals surface area contributed by atoms with Gasteiger partial charge in [0.1, 0.15) is 126 Å². The van der Waals surface area contributed by atoms with E-state index in [1.165, 1.54) is 74.7 Å². The predicted molar refractivity (Wildman–Crippen MR) is 437 cm³/mol. The number of halogens is 2. The number of phenols is 3. The molecule has 27 atom stereocenters. The fourth-order valence-corrected chi connectivity index (χ4v) is 16.9. The quantitative estimate of drug-likeness (QED) is 0.0578. The fraction of sp³-hybridized carbons (Fsp3) is 0.414. The maximum absolute atomic E-state index is 17.0. The van der Waals surface area contributed by atoms with Crippen LogP contribution in [0, 0.1) is 5.92 Å². The first kappa shape index (κ1) is 92.6. The van der Waals surface area contributed by atoms with E-state index >= 15 is 24.0 Å². The molecule has 7 aromatic carbocycles. The highest BCUT2D eigenvalue weighted by Crippen LogP contribution is 2.51. The van der Waals surface area contributed by atoms with Crippen molar-refractivity contribution in [2.45, 2.75) is 198 Å². The number of ether oxygens (including phenoxy) is 11. The van der Waals surface area contributed by atoms with E-state index < -0.39 is 294 Å². The number of carbonyl (C=O) groups is 7. The summed E-state index contributed by atoms with van der Waals surface area (Å²) in [6.07, 6.45) is -39.1. The number of carbonyl (C=O) groups excluding carboxylic acids is 6. The number of phenolic OH excluding ortho intramolecular Hbond substituents is 3. The molecule has 40 heteroatoms. The zero-order chi connectivity index (χ0) is 91.2. The van der Waals surface area contributed by atoms with Crippen molar-refractivity contribution in [2.75, 3.05) is 20.3 Å². The Kier molecular flexibility index (Phi) is 28.2. The molecule has 127 heavy (non-hydrogen) atoms. The van der Waals surface area contributed by atoms with Crippen molar-refractivity contribution in [1.82, 2.24) is 21.3 Å². The fourth-order valence-electron chi connectivity index (χ4n) is 16.5. The van der Waals surface area contributed by atoms with Crippen LogP contribution in [-0.2, 0) is 73.1 Å². The molecule has 0 radical (unpaired) electrons. The molecule has 9 heterocycles. The summed E-state index contributed by atoms with van der Waals surface area (Å²) in [7, 11) is 1.38. The SMILES string of the molecule is C=C(C(=O)N[C@H]1C(=O)C[C@@H](Cc2ccccc2)C(=O)N[C@@H]2C(=O)C[C@@H]3C(=O)N[C@H](C(=O)N[C@H](C(=O)O)c4cc(O)cc(O[C@@H]5OC(CO)[C@@H](O)[C@H](O)C5O)c4-c4cc3ccc4O)[C@H](OC3CC(N)[C@@H](OC)[C@H](C)O3)c3ccc(c(Cl)c3)Oc3cc2cc(c3O[C@@H]2OC(CO)[C@@H](O)[C@H](O)C2OC2O[C@@H](C)[C@H](O)C(O)[C@@H]2O)Oc2ccc(cc2)[C@H]1O)c1ccc(O)c(Cl)c1. The van der Waals surface area contributed by atoms with Gasteiger partial charge in [0, 0.05) is 66.7 Å². The summed E-state index contributed by atoms with van der Waals surface area (Å²) < 4.78 is 69.4. The van der Waals surface area contributed by atoms with Crippen molar-refractivity contribution < 1.29 is 162 Å². The van der Waals surface area contributed by atoms with Gasteiger partial charge in [-0.3, -0.25) is 28.8 Å². The molecule has 0 spiro atoms. The van der Waals surface area contributed by atoms with Gasteiger partial charge in [-0.15, -0.1) is 0 Å². The van der Waals surface area contributed by atoms with E-state index in [1.54, 1.807) is 37.3 Å². The Balaban J connectivity index is 1.01. The normalized spacial score (nSPS) is 32.3. The smallest absolute Gasteiger partial charge is 0.330 e. The van der Waals surface area contributed by atoms with Crippen LogP contribution in [-0.4, -0.2) is 267 Å². The van der Waals surface area contributed by atoms with E-state index in [2.05, 4.69) is 27.8 Å². The van der Waals surface area contributed by atoms with Crippen LogP contribution < -0.4 is 45.9 Å². The van der Waals surface area contributed by atoms with E-state index in [-0.39, 0.29) is 62.8 Å². The summed E-state index contributed by atoms with van der Waals surface area (Å²) in [6.45, 7) is 4.78. The van der Waals surface area contributed by atoms with Crippen LogP contribution in [0.1, 0.15) is 102 Å². The van der Waals surface area contributed by atoms with Crippen molar-refractivity contribution in [3.05, 3.63) is 189 Å². The molecule has 0 aromatic heterocycles. The first-order valence-corrected chi connectivity index (χ1v) is 41.0. The van der Waals surface area contributed by atoms with Crippen LogP contribution in [0.2, 0.25) is 10.0 Å². The molecule has 0 saturated carbocycles. The largest absolute Gasteiger partial charge is 0.508 e. The van der Waals surface area contributed by atoms with Crippen molar-refractivity contribution in [3.63, 3.8) is 0 Å². The molecule has 4 saturated heterocycles. The third kappa shape index (κ3) is 19.4. The molecular weight excluding hydrogens is 1710 g/mol. The van der Waals surface area contributed by atoms with Gasteiger partial charge in [0.15, 0.2) is 47.8 Å². The van der Waals surface area contributed by atoms with Gasteiger partial charge in [-0.1, -0.05) is 90.4 Å². The summed E-state index contributed by atoms with van der Waals surface area (Å²) in [6, 6.07) is 17.9. The van der Waals surface area contributed by atoms with Crippen LogP contribution in [0.5, 0.6) is 51.7 Å². The Hall–Kier alpha value is -10.6. The molecule has 11 bridgehead atoms. The molecule has 4 amide bonds. The third-order valence-electron chi connectivity index (χ3n) is 23.4. The summed E-state index contributed by atoms with van der Waals surface area (Å²) in [5.74, 6) is -17.9. The standard InChI is InChI=1S/C87H93Cl2N5O33/c1-33(38-12-18-52(99)48(88)22-38)80(111)93-65-53(100)24-42(20-36-8-6-5-7-9-36)81(112)91-63-41-25-57(120-44-15-10-37(11-16-44)68(65)103)78(126-87-79(73(108)70(105)60(32-96)124-87)127-85-74(109)71(106)67(102)34(2)119-85)58(26-41)121-55-19-14-40(23-49(55)89)77(125-61-30-50(90)76(117-4)35(3)118-61)66-83(114)92-64(84(115)116)47-27-43(97)28-56(122-86-75(110)72(107)69(104)59(31-95)123-86)62(47)46-21-39(13-17-51(46)98)45(29-54(63)101)82(113)94-66/h5-19,21-23,25-28,34-35,42,45,50,59-61,63-77,79,85-87,95-99,102-110H,1,20,24,29-32,90H2,2-4H3,(H,91,112)(H,92,114)(H,93,111)(H,94,113)(H,115,116)/t34-,35-,42+,45-,50?,59?,60?,61?,63-,64-,65-,66-,67-,68+,69+,70+,71?,72-,73-,74-,75?,76-,77+,79?,85?,86+,87-/m0/s1. The summed E-state index contributed by atoms with van der Waals surface area (Å²) in [5, 5.41) is 180. The second kappa shape index (κ2) is 38.8. The monoisotopic (exact) mass is 1810 g/mol. The number of methoxy groups -OCH3 is 1. The van der Waals surface area contributed by atoms with Gasteiger partial charge < -0.3 is 156 Å². The molecule has 9 aliphatic rings. The van der Waals surface area contributed by atoms with Crippen molar-refractivity contribution >= 4 is 69.9 Å². The number of aliphatic carboxylic acids is 1. The van der Waals surface area contributed by atoms with E-state index in [0.717, 1.165) is 42.5 Å². The summed E-state index contributed by atoms with van der Waals surface area (Å²) in [4.78, 5) is 110. The zero-order valence-corrected chi connectivity index (χ0v) is 69.1. The highest BCUT2D eigenvalue weighted by atomic mass is 35.5. The average Bonchev–Trinajstić information content (AvgIpc) is 0.752. The van der Waals surface area contributed by atoms with Crippen LogP contribution in [0.15, 0.2) is 140 Å². The van der Waals surface area contributed by atoms with Gasteiger partial charge in [0.25, 0.3) is 5.91 Å². The molecule has 7 aromatic rings. The van der Waals surface area contributed by atoms with Gasteiger partial charge >= 0.3 is 5.97 Å². The minimum absolute atomic E-state index is 0.0644. The number of amides is 4. The lowest BCUT2D eigenvalue weighted by Crippen LogP contribution is -2.64. The van der Waals surface area contributed by atoms with Crippen LogP contribution in [0.25, 0.3) is 16.7 Å². The van der Waals surface area contributed by atoms with Crippen molar-refractivity contribution in [1.29, 1.82) is 0 Å².